The molecule has 0 amide bonds. The fourth-order valence-electron chi connectivity index (χ4n) is 2.44. The van der Waals surface area contributed by atoms with Crippen molar-refractivity contribution in [3.05, 3.63) is 95.8 Å². The molecule has 0 unspecified atom stereocenters. The summed E-state index contributed by atoms with van der Waals surface area (Å²) < 4.78 is 5.99. The smallest absolute Gasteiger partial charge is 0.128 e. The van der Waals surface area contributed by atoms with Crippen molar-refractivity contribution in [2.24, 2.45) is 0 Å². The Bertz CT molecular complexity index is 714. The molecule has 1 heterocycles. The molecule has 116 valence electrons. The van der Waals surface area contributed by atoms with Crippen molar-refractivity contribution in [2.45, 2.75) is 19.7 Å². The van der Waals surface area contributed by atoms with Crippen molar-refractivity contribution in [3.63, 3.8) is 0 Å². The van der Waals surface area contributed by atoms with E-state index in [9.17, 15) is 0 Å². The van der Waals surface area contributed by atoms with Crippen LogP contribution in [0.5, 0.6) is 5.75 Å². The number of hydrogen-bond donors (Lipinski definition) is 1. The Hall–Kier alpha value is -2.65. The van der Waals surface area contributed by atoms with Crippen molar-refractivity contribution in [2.75, 3.05) is 0 Å². The van der Waals surface area contributed by atoms with Gasteiger partial charge in [0.15, 0.2) is 0 Å². The quantitative estimate of drug-likeness (QED) is 0.729. The summed E-state index contributed by atoms with van der Waals surface area (Å²) >= 11 is 0. The lowest BCUT2D eigenvalue weighted by molar-refractivity contribution is -0.686. The number of nitrogens with two attached hydrogens (primary N) is 1. The minimum atomic E-state index is 0.595. The van der Waals surface area contributed by atoms with E-state index >= 15 is 0 Å². The Morgan fingerprint density at radius 2 is 1.57 bits per heavy atom. The first-order chi connectivity index (χ1) is 11.4. The SMILES string of the molecule is c1ccc(COc2ccccc2C[NH2+]Cc2ccccn2)cc1. The molecule has 23 heavy (non-hydrogen) atoms. The van der Waals surface area contributed by atoms with Crippen LogP contribution in [0.15, 0.2) is 79.0 Å². The van der Waals surface area contributed by atoms with Gasteiger partial charge in [-0.2, -0.15) is 0 Å². The second-order valence-corrected chi connectivity index (χ2v) is 5.40. The summed E-state index contributed by atoms with van der Waals surface area (Å²) in [5.41, 5.74) is 3.48. The Balaban J connectivity index is 1.57. The summed E-state index contributed by atoms with van der Waals surface area (Å²) in [5.74, 6) is 0.952. The van der Waals surface area contributed by atoms with E-state index in [1.54, 1.807) is 0 Å². The van der Waals surface area contributed by atoms with Crippen molar-refractivity contribution in [1.29, 1.82) is 0 Å². The van der Waals surface area contributed by atoms with Crippen LogP contribution in [0.1, 0.15) is 16.8 Å². The highest BCUT2D eigenvalue weighted by Gasteiger charge is 2.05. The van der Waals surface area contributed by atoms with Crippen LogP contribution in [-0.2, 0) is 19.7 Å². The topological polar surface area (TPSA) is 38.7 Å². The predicted octanol–water partition coefficient (Wildman–Crippen LogP) is 2.92. The van der Waals surface area contributed by atoms with Crippen molar-refractivity contribution < 1.29 is 10.1 Å². The van der Waals surface area contributed by atoms with Crippen molar-refractivity contribution in [1.82, 2.24) is 4.98 Å². The fourth-order valence-corrected chi connectivity index (χ4v) is 2.44. The third kappa shape index (κ3) is 4.66. The largest absolute Gasteiger partial charge is 0.488 e. The molecule has 0 saturated heterocycles. The van der Waals surface area contributed by atoms with Crippen LogP contribution < -0.4 is 10.1 Å². The van der Waals surface area contributed by atoms with E-state index < -0.39 is 0 Å². The van der Waals surface area contributed by atoms with Crippen LogP contribution in [0.3, 0.4) is 0 Å². The van der Waals surface area contributed by atoms with E-state index in [-0.39, 0.29) is 0 Å². The molecule has 2 aromatic carbocycles. The van der Waals surface area contributed by atoms with Gasteiger partial charge in [-0.15, -0.1) is 0 Å². The first-order valence-corrected chi connectivity index (χ1v) is 7.88. The summed E-state index contributed by atoms with van der Waals surface area (Å²) in [6.07, 6.45) is 1.83. The number of ether oxygens (including phenoxy) is 1. The van der Waals surface area contributed by atoms with Gasteiger partial charge in [0, 0.05) is 11.8 Å². The number of nitrogens with zero attached hydrogens (tertiary/aromatic N) is 1. The zero-order valence-corrected chi connectivity index (χ0v) is 13.1. The second kappa shape index (κ2) is 8.11. The monoisotopic (exact) mass is 305 g/mol. The van der Waals surface area contributed by atoms with Crippen LogP contribution in [0.25, 0.3) is 0 Å². The van der Waals surface area contributed by atoms with Gasteiger partial charge in [0.1, 0.15) is 25.4 Å². The average molecular weight is 305 g/mol. The van der Waals surface area contributed by atoms with Gasteiger partial charge in [0.25, 0.3) is 0 Å². The lowest BCUT2D eigenvalue weighted by Crippen LogP contribution is -2.80. The van der Waals surface area contributed by atoms with Gasteiger partial charge in [0.2, 0.25) is 0 Å². The number of aromatic nitrogens is 1. The molecule has 0 atom stereocenters. The van der Waals surface area contributed by atoms with Crippen LogP contribution in [0.4, 0.5) is 0 Å². The molecule has 0 aliphatic carbocycles. The zero-order valence-electron chi connectivity index (χ0n) is 13.1. The number of para-hydroxylation sites is 1. The van der Waals surface area contributed by atoms with E-state index in [0.29, 0.717) is 6.61 Å². The highest BCUT2D eigenvalue weighted by Crippen LogP contribution is 2.18. The molecular formula is C20H21N2O+. The van der Waals surface area contributed by atoms with Crippen LogP contribution in [0.2, 0.25) is 0 Å². The molecule has 2 N–H and O–H groups in total. The number of rotatable bonds is 7. The molecule has 0 aliphatic rings. The number of benzene rings is 2. The van der Waals surface area contributed by atoms with Gasteiger partial charge in [-0.25, -0.2) is 0 Å². The highest BCUT2D eigenvalue weighted by molar-refractivity contribution is 5.32. The maximum Gasteiger partial charge on any atom is 0.128 e. The van der Waals surface area contributed by atoms with Gasteiger partial charge >= 0.3 is 0 Å². The van der Waals surface area contributed by atoms with E-state index in [2.05, 4.69) is 34.6 Å². The Kier molecular flexibility index (Phi) is 5.38. The van der Waals surface area contributed by atoms with Gasteiger partial charge in [0.05, 0.1) is 5.69 Å². The van der Waals surface area contributed by atoms with Gasteiger partial charge in [-0.05, 0) is 29.8 Å². The van der Waals surface area contributed by atoms with E-state index in [1.807, 2.05) is 54.7 Å². The van der Waals surface area contributed by atoms with E-state index in [1.165, 1.54) is 11.1 Å². The summed E-state index contributed by atoms with van der Waals surface area (Å²) in [7, 11) is 0. The molecule has 0 fully saturated rings. The molecule has 0 aliphatic heterocycles. The third-order valence-corrected chi connectivity index (χ3v) is 3.65. The van der Waals surface area contributed by atoms with Gasteiger partial charge < -0.3 is 10.1 Å². The lowest BCUT2D eigenvalue weighted by Gasteiger charge is -2.11. The first kappa shape index (κ1) is 15.3. The molecule has 0 radical (unpaired) electrons. The summed E-state index contributed by atoms with van der Waals surface area (Å²) in [4.78, 5) is 4.35. The number of hydrogen-bond acceptors (Lipinski definition) is 2. The molecule has 0 spiro atoms. The Morgan fingerprint density at radius 1 is 0.783 bits per heavy atom. The molecule has 3 heteroatoms. The van der Waals surface area contributed by atoms with E-state index in [4.69, 9.17) is 4.74 Å². The lowest BCUT2D eigenvalue weighted by atomic mass is 10.2. The van der Waals surface area contributed by atoms with Gasteiger partial charge in [-0.1, -0.05) is 48.5 Å². The second-order valence-electron chi connectivity index (χ2n) is 5.40. The van der Waals surface area contributed by atoms with Gasteiger partial charge in [-0.3, -0.25) is 4.98 Å². The third-order valence-electron chi connectivity index (χ3n) is 3.65. The summed E-state index contributed by atoms with van der Waals surface area (Å²) in [5, 5.41) is 2.24. The molecule has 3 nitrogen and oxygen atoms in total. The molecule has 0 bridgehead atoms. The Morgan fingerprint density at radius 3 is 2.39 bits per heavy atom. The number of quaternary nitrogens is 1. The predicted molar refractivity (Wildman–Crippen MR) is 90.8 cm³/mol. The summed E-state index contributed by atoms with van der Waals surface area (Å²) in [6, 6.07) is 24.5. The zero-order chi connectivity index (χ0) is 15.7. The Labute approximate surface area is 137 Å². The average Bonchev–Trinajstić information content (AvgIpc) is 2.63. The normalized spacial score (nSPS) is 10.4. The first-order valence-electron chi connectivity index (χ1n) is 7.88. The minimum Gasteiger partial charge on any atom is -0.488 e. The molecule has 3 rings (SSSR count). The molecule has 3 aromatic rings. The highest BCUT2D eigenvalue weighted by atomic mass is 16.5. The van der Waals surface area contributed by atoms with Crippen LogP contribution in [-0.4, -0.2) is 4.98 Å². The number of pyridine rings is 1. The standard InChI is InChI=1S/C20H20N2O/c1-2-8-17(9-3-1)16-23-20-12-5-4-10-18(20)14-21-15-19-11-6-7-13-22-19/h1-13,21H,14-16H2/p+1. The fraction of sp³-hybridized carbons (Fsp3) is 0.150. The van der Waals surface area contributed by atoms with Crippen LogP contribution in [0, 0.1) is 0 Å². The summed E-state index contributed by atoms with van der Waals surface area (Å²) in [6.45, 7) is 2.34. The maximum atomic E-state index is 5.99. The minimum absolute atomic E-state index is 0.595. The molecule has 0 saturated carbocycles. The molecular weight excluding hydrogens is 284 g/mol. The molecule has 1 aromatic heterocycles. The maximum absolute atomic E-state index is 5.99. The van der Waals surface area contributed by atoms with Crippen molar-refractivity contribution in [3.8, 4) is 5.75 Å². The van der Waals surface area contributed by atoms with E-state index in [0.717, 1.165) is 24.5 Å². The van der Waals surface area contributed by atoms with Crippen molar-refractivity contribution >= 4 is 0 Å². The van der Waals surface area contributed by atoms with Crippen LogP contribution >= 0.6 is 0 Å².